The third kappa shape index (κ3) is 5.84. The van der Waals surface area contributed by atoms with Gasteiger partial charge in [0.1, 0.15) is 0 Å². The van der Waals surface area contributed by atoms with Crippen LogP contribution in [0.25, 0.3) is 0 Å². The van der Waals surface area contributed by atoms with Crippen molar-refractivity contribution in [2.24, 2.45) is 0 Å². The van der Waals surface area contributed by atoms with Crippen LogP contribution in [-0.4, -0.2) is 24.5 Å². The number of nitrogens with zero attached hydrogens (tertiary/aromatic N) is 1. The SMILES string of the molecule is CCCC(Cc1ccccc1)N(C)CCC(C)c1ccccc1. The zero-order valence-corrected chi connectivity index (χ0v) is 14.9. The van der Waals surface area contributed by atoms with Gasteiger partial charge in [-0.25, -0.2) is 0 Å². The van der Waals surface area contributed by atoms with Crippen LogP contribution < -0.4 is 0 Å². The minimum Gasteiger partial charge on any atom is -0.303 e. The molecule has 2 atom stereocenters. The van der Waals surface area contributed by atoms with Crippen LogP contribution in [0, 0.1) is 0 Å². The molecule has 0 N–H and O–H groups in total. The van der Waals surface area contributed by atoms with Gasteiger partial charge in [0.2, 0.25) is 0 Å². The molecule has 2 aromatic rings. The molecule has 0 heterocycles. The standard InChI is InChI=1S/C22H31N/c1-4-11-22(18-20-12-7-5-8-13-20)23(3)17-16-19(2)21-14-9-6-10-15-21/h5-10,12-15,19,22H,4,11,16-18H2,1-3H3. The number of hydrogen-bond donors (Lipinski definition) is 0. The Bertz CT molecular complexity index is 534. The van der Waals surface area contributed by atoms with Gasteiger partial charge in [0.15, 0.2) is 0 Å². The lowest BCUT2D eigenvalue weighted by molar-refractivity contribution is 0.220. The van der Waals surface area contributed by atoms with E-state index in [1.807, 2.05) is 0 Å². The highest BCUT2D eigenvalue weighted by Crippen LogP contribution is 2.20. The van der Waals surface area contributed by atoms with E-state index < -0.39 is 0 Å². The summed E-state index contributed by atoms with van der Waals surface area (Å²) in [5, 5.41) is 0. The summed E-state index contributed by atoms with van der Waals surface area (Å²) in [7, 11) is 2.29. The predicted molar refractivity (Wildman–Crippen MR) is 101 cm³/mol. The number of likely N-dealkylation sites (N-methyl/N-ethyl adjacent to an activating group) is 1. The molecule has 0 saturated heterocycles. The molecule has 1 heteroatoms. The van der Waals surface area contributed by atoms with E-state index >= 15 is 0 Å². The highest BCUT2D eigenvalue weighted by atomic mass is 15.1. The Morgan fingerprint density at radius 1 is 0.870 bits per heavy atom. The predicted octanol–water partition coefficient (Wildman–Crippen LogP) is 5.52. The van der Waals surface area contributed by atoms with Gasteiger partial charge >= 0.3 is 0 Å². The summed E-state index contributed by atoms with van der Waals surface area (Å²) in [5.74, 6) is 0.623. The first-order valence-electron chi connectivity index (χ1n) is 8.99. The number of rotatable bonds is 9. The van der Waals surface area contributed by atoms with Crippen molar-refractivity contribution in [1.29, 1.82) is 0 Å². The minimum absolute atomic E-state index is 0.623. The number of hydrogen-bond acceptors (Lipinski definition) is 1. The Hall–Kier alpha value is -1.60. The molecule has 2 unspecified atom stereocenters. The molecule has 0 bridgehead atoms. The van der Waals surface area contributed by atoms with Gasteiger partial charge in [0.25, 0.3) is 0 Å². The van der Waals surface area contributed by atoms with E-state index in [0.717, 1.165) is 13.0 Å². The van der Waals surface area contributed by atoms with Gasteiger partial charge in [-0.15, -0.1) is 0 Å². The van der Waals surface area contributed by atoms with Gasteiger partial charge in [-0.05, 0) is 49.9 Å². The van der Waals surface area contributed by atoms with Crippen LogP contribution in [0.2, 0.25) is 0 Å². The molecule has 23 heavy (non-hydrogen) atoms. The van der Waals surface area contributed by atoms with Crippen molar-refractivity contribution in [2.75, 3.05) is 13.6 Å². The van der Waals surface area contributed by atoms with Gasteiger partial charge < -0.3 is 4.90 Å². The van der Waals surface area contributed by atoms with Crippen molar-refractivity contribution in [2.45, 2.75) is 51.5 Å². The van der Waals surface area contributed by atoms with Gasteiger partial charge in [-0.1, -0.05) is 80.9 Å². The van der Waals surface area contributed by atoms with Gasteiger partial charge in [0, 0.05) is 6.04 Å². The lowest BCUT2D eigenvalue weighted by Crippen LogP contribution is -2.34. The topological polar surface area (TPSA) is 3.24 Å². The molecule has 0 aromatic heterocycles. The zero-order chi connectivity index (χ0) is 16.5. The van der Waals surface area contributed by atoms with E-state index in [2.05, 4.69) is 86.5 Å². The van der Waals surface area contributed by atoms with Crippen LogP contribution in [0.3, 0.4) is 0 Å². The molecule has 124 valence electrons. The molecule has 1 nitrogen and oxygen atoms in total. The fraction of sp³-hybridized carbons (Fsp3) is 0.455. The third-order valence-electron chi connectivity index (χ3n) is 4.84. The van der Waals surface area contributed by atoms with Crippen LogP contribution in [-0.2, 0) is 6.42 Å². The highest BCUT2D eigenvalue weighted by molar-refractivity contribution is 5.19. The summed E-state index contributed by atoms with van der Waals surface area (Å²) in [6, 6.07) is 22.4. The van der Waals surface area contributed by atoms with E-state index in [0.29, 0.717) is 12.0 Å². The molecule has 0 radical (unpaired) electrons. The van der Waals surface area contributed by atoms with Gasteiger partial charge in [-0.2, -0.15) is 0 Å². The smallest absolute Gasteiger partial charge is 0.0132 e. The minimum atomic E-state index is 0.623. The monoisotopic (exact) mass is 309 g/mol. The van der Waals surface area contributed by atoms with Crippen molar-refractivity contribution in [3.05, 3.63) is 71.8 Å². The van der Waals surface area contributed by atoms with Crippen molar-refractivity contribution in [3.8, 4) is 0 Å². The van der Waals surface area contributed by atoms with Crippen molar-refractivity contribution >= 4 is 0 Å². The molecule has 2 rings (SSSR count). The molecule has 0 saturated carbocycles. The summed E-state index contributed by atoms with van der Waals surface area (Å²) in [5.41, 5.74) is 2.91. The second kappa shape index (κ2) is 9.52. The van der Waals surface area contributed by atoms with E-state index in [9.17, 15) is 0 Å². The summed E-state index contributed by atoms with van der Waals surface area (Å²) < 4.78 is 0. The molecule has 0 aliphatic heterocycles. The lowest BCUT2D eigenvalue weighted by Gasteiger charge is -2.29. The Balaban J connectivity index is 1.89. The van der Waals surface area contributed by atoms with Gasteiger partial charge in [0.05, 0.1) is 0 Å². The highest BCUT2D eigenvalue weighted by Gasteiger charge is 2.15. The van der Waals surface area contributed by atoms with Crippen LogP contribution in [0.15, 0.2) is 60.7 Å². The summed E-state index contributed by atoms with van der Waals surface area (Å²) >= 11 is 0. The molecule has 0 fully saturated rings. The van der Waals surface area contributed by atoms with Gasteiger partial charge in [-0.3, -0.25) is 0 Å². The fourth-order valence-corrected chi connectivity index (χ4v) is 3.23. The third-order valence-corrected chi connectivity index (χ3v) is 4.84. The fourth-order valence-electron chi connectivity index (χ4n) is 3.23. The average Bonchev–Trinajstić information content (AvgIpc) is 2.60. The molecule has 2 aromatic carbocycles. The second-order valence-electron chi connectivity index (χ2n) is 6.71. The van der Waals surface area contributed by atoms with Crippen molar-refractivity contribution in [1.82, 2.24) is 4.90 Å². The summed E-state index contributed by atoms with van der Waals surface area (Å²) in [4.78, 5) is 2.57. The van der Waals surface area contributed by atoms with Crippen LogP contribution in [0.1, 0.15) is 50.2 Å². The van der Waals surface area contributed by atoms with Crippen LogP contribution in [0.5, 0.6) is 0 Å². The summed E-state index contributed by atoms with van der Waals surface area (Å²) in [6.07, 6.45) is 4.89. The van der Waals surface area contributed by atoms with Crippen LogP contribution >= 0.6 is 0 Å². The quantitative estimate of drug-likeness (QED) is 0.589. The Morgan fingerprint density at radius 2 is 1.48 bits per heavy atom. The van der Waals surface area contributed by atoms with Crippen molar-refractivity contribution in [3.63, 3.8) is 0 Å². The molecular weight excluding hydrogens is 278 g/mol. The first-order chi connectivity index (χ1) is 11.2. The molecule has 0 spiro atoms. The molecule has 0 aliphatic rings. The van der Waals surface area contributed by atoms with Crippen LogP contribution in [0.4, 0.5) is 0 Å². The zero-order valence-electron chi connectivity index (χ0n) is 14.9. The van der Waals surface area contributed by atoms with E-state index in [-0.39, 0.29) is 0 Å². The Labute approximate surface area is 142 Å². The Morgan fingerprint density at radius 3 is 2.09 bits per heavy atom. The molecular formula is C22H31N. The van der Waals surface area contributed by atoms with E-state index in [4.69, 9.17) is 0 Å². The lowest BCUT2D eigenvalue weighted by atomic mass is 9.96. The molecule has 0 aliphatic carbocycles. The summed E-state index contributed by atoms with van der Waals surface area (Å²) in [6.45, 7) is 5.79. The average molecular weight is 309 g/mol. The largest absolute Gasteiger partial charge is 0.303 e. The van der Waals surface area contributed by atoms with E-state index in [1.54, 1.807) is 0 Å². The Kier molecular flexibility index (Phi) is 7.35. The van der Waals surface area contributed by atoms with E-state index in [1.165, 1.54) is 30.4 Å². The second-order valence-corrected chi connectivity index (χ2v) is 6.71. The first-order valence-corrected chi connectivity index (χ1v) is 8.99. The van der Waals surface area contributed by atoms with Crippen molar-refractivity contribution < 1.29 is 0 Å². The maximum absolute atomic E-state index is 2.57. The first kappa shape index (κ1) is 17.7. The maximum Gasteiger partial charge on any atom is 0.0132 e. The maximum atomic E-state index is 2.57. The molecule has 0 amide bonds. The number of benzene rings is 2. The normalized spacial score (nSPS) is 13.9.